The summed E-state index contributed by atoms with van der Waals surface area (Å²) in [5.41, 5.74) is 19.5. The third-order valence-corrected chi connectivity index (χ3v) is 10.6. The number of sulfone groups is 1. The molecule has 0 aliphatic rings. The number of carboxylic acids is 3. The van der Waals surface area contributed by atoms with Crippen molar-refractivity contribution >= 4 is 93.5 Å². The molecule has 0 aliphatic carbocycles. The number of thiol groups is 1. The number of hydrogen-bond donors (Lipinski definition) is 9. The summed E-state index contributed by atoms with van der Waals surface area (Å²) in [4.78, 5) is 45.9. The average molecular weight is 1180 g/mol. The van der Waals surface area contributed by atoms with Crippen LogP contribution in [-0.4, -0.2) is 76.8 Å². The molecule has 318 valence electrons. The van der Waals surface area contributed by atoms with E-state index in [1.165, 1.54) is 53.5 Å². The number of carbonyl (C=O) groups is 3. The van der Waals surface area contributed by atoms with Crippen LogP contribution >= 0.6 is 40.3 Å². The Morgan fingerprint density at radius 1 is 0.623 bits per heavy atom. The fourth-order valence-electron chi connectivity index (χ4n) is 4.26. The van der Waals surface area contributed by atoms with Gasteiger partial charge in [0.05, 0.1) is 26.9 Å². The minimum absolute atomic E-state index is 0. The summed E-state index contributed by atoms with van der Waals surface area (Å²) in [5.74, 6) is -3.53. The summed E-state index contributed by atoms with van der Waals surface area (Å²) in [5, 5.41) is 38.1. The summed E-state index contributed by atoms with van der Waals surface area (Å²) in [6.07, 6.45) is 3.90. The molecule has 0 amide bonds. The fraction of sp³-hybridized carbons (Fsp3) is 0.0769. The summed E-state index contributed by atoms with van der Waals surface area (Å²) in [6, 6.07) is 26.6. The minimum Gasteiger partial charge on any atom is -0.476 e. The van der Waals surface area contributed by atoms with E-state index in [9.17, 15) is 22.8 Å². The number of nitrogen functional groups attached to an aromatic ring is 3. The van der Waals surface area contributed by atoms with Crippen molar-refractivity contribution in [2.75, 3.05) is 17.2 Å². The number of hydrogen-bond acceptors (Lipinski definition) is 15. The quantitative estimate of drug-likeness (QED) is 0.0333. The molecule has 0 atom stereocenters. The van der Waals surface area contributed by atoms with Gasteiger partial charge in [0.15, 0.2) is 17.1 Å². The smallest absolute Gasteiger partial charge is 0.356 e. The zero-order valence-electron chi connectivity index (χ0n) is 33.5. The van der Waals surface area contributed by atoms with Crippen molar-refractivity contribution in [3.05, 3.63) is 148 Å². The van der Waals surface area contributed by atoms with Crippen molar-refractivity contribution in [1.82, 2.24) is 15.0 Å². The fourth-order valence-corrected chi connectivity index (χ4v) is 6.83. The molecule has 3 aromatic heterocycles. The van der Waals surface area contributed by atoms with E-state index >= 15 is 0 Å². The third kappa shape index (κ3) is 18.3. The maximum Gasteiger partial charge on any atom is 0.356 e. The molecule has 0 saturated heterocycles. The number of carboxylic acid groups (broad SMARTS) is 3. The van der Waals surface area contributed by atoms with E-state index in [1.807, 2.05) is 62.4 Å². The van der Waals surface area contributed by atoms with Gasteiger partial charge in [-0.3, -0.25) is 10.5 Å². The predicted molar refractivity (Wildman–Crippen MR) is 237 cm³/mol. The van der Waals surface area contributed by atoms with E-state index in [1.54, 1.807) is 18.2 Å². The molecule has 6 aromatic rings. The molecule has 3 aromatic carbocycles. The van der Waals surface area contributed by atoms with Gasteiger partial charge in [-0.25, -0.2) is 37.8 Å². The second-order valence-electron chi connectivity index (χ2n) is 11.8. The molecular formula is C39H40BBrN6O10S3U. The van der Waals surface area contributed by atoms with Gasteiger partial charge in [0.25, 0.3) is 0 Å². The van der Waals surface area contributed by atoms with Gasteiger partial charge in [0.2, 0.25) is 9.84 Å². The number of anilines is 3. The van der Waals surface area contributed by atoms with Crippen molar-refractivity contribution in [3.63, 3.8) is 0 Å². The molecule has 0 saturated carbocycles. The Kier molecular flexibility index (Phi) is 24.1. The van der Waals surface area contributed by atoms with Gasteiger partial charge in [-0.1, -0.05) is 64.9 Å². The molecule has 0 spiro atoms. The van der Waals surface area contributed by atoms with E-state index in [0.717, 1.165) is 32.5 Å². The largest absolute Gasteiger partial charge is 0.476 e. The first-order valence-electron chi connectivity index (χ1n) is 17.0. The summed E-state index contributed by atoms with van der Waals surface area (Å²) >= 11 is 8.74. The van der Waals surface area contributed by atoms with E-state index in [-0.39, 0.29) is 75.0 Å². The monoisotopic (exact) mass is 1180 g/mol. The van der Waals surface area contributed by atoms with Crippen molar-refractivity contribution in [1.29, 1.82) is 1.34 Å². The predicted octanol–water partition coefficient (Wildman–Crippen LogP) is 7.10. The number of aromatic carboxylic acids is 3. The van der Waals surface area contributed by atoms with Crippen molar-refractivity contribution in [3.8, 4) is 0 Å². The van der Waals surface area contributed by atoms with Gasteiger partial charge in [-0.05, 0) is 92.6 Å². The van der Waals surface area contributed by atoms with Crippen molar-refractivity contribution in [2.24, 2.45) is 0 Å². The molecule has 0 unspecified atom stereocenters. The summed E-state index contributed by atoms with van der Waals surface area (Å²) < 4.78 is 30.6. The van der Waals surface area contributed by atoms with E-state index in [0.29, 0.717) is 4.47 Å². The molecule has 11 N–H and O–H groups in total. The SMILES string of the molecule is Cc1ccc(S(=O)(=O)c2cnc(C(=O)O)c(N)c2)cc1.Cc1ccc(S)cc1.Cc1ccc(Sc2cnc(C(=O)O)c(N)c2)cc1.Nc1cc(Br)cnc1C(=O)O.OO.[2H][B].[U]. The number of benzene rings is 3. The first-order valence-corrected chi connectivity index (χ1v) is 20.0. The Balaban J connectivity index is 0.000000811. The number of nitrogens with two attached hydrogens (primary N) is 3. The zero-order chi connectivity index (χ0) is 46.4. The maximum absolute atomic E-state index is 12.3. The minimum atomic E-state index is -3.76. The van der Waals surface area contributed by atoms with Crippen LogP contribution in [0.2, 0.25) is 0 Å². The number of pyridine rings is 3. The van der Waals surface area contributed by atoms with Gasteiger partial charge >= 0.3 is 17.9 Å². The number of rotatable bonds is 7. The van der Waals surface area contributed by atoms with E-state index in [2.05, 4.69) is 58.8 Å². The van der Waals surface area contributed by atoms with Gasteiger partial charge in [-0.15, -0.1) is 12.6 Å². The zero-order valence-corrected chi connectivity index (χ0v) is 40.7. The molecule has 2 radical (unpaired) electrons. The molecule has 0 fully saturated rings. The van der Waals surface area contributed by atoms with Gasteiger partial charge < -0.3 is 32.5 Å². The normalized spacial score (nSPS) is 9.85. The second kappa shape index (κ2) is 27.1. The van der Waals surface area contributed by atoms with Crippen molar-refractivity contribution in [2.45, 2.75) is 45.2 Å². The first-order chi connectivity index (χ1) is 28.8. The van der Waals surface area contributed by atoms with Crippen LogP contribution in [-0.2, 0) is 9.84 Å². The Morgan fingerprint density at radius 2 is 1.00 bits per heavy atom. The first kappa shape index (κ1) is 54.1. The maximum atomic E-state index is 12.3. The van der Waals surface area contributed by atoms with Crippen LogP contribution in [0.15, 0.2) is 139 Å². The molecule has 16 nitrogen and oxygen atoms in total. The Hall–Kier alpha value is -4.91. The summed E-state index contributed by atoms with van der Waals surface area (Å²) in [6.45, 7) is 5.93. The average Bonchev–Trinajstić information content (AvgIpc) is 3.22. The molecule has 22 heteroatoms. The number of halogens is 1. The molecule has 61 heavy (non-hydrogen) atoms. The second-order valence-corrected chi connectivity index (χ2v) is 16.3. The Labute approximate surface area is 396 Å². The number of aromatic nitrogens is 3. The third-order valence-electron chi connectivity index (χ3n) is 7.21. The molecular weight excluding hydrogens is 1140 g/mol. The van der Waals surface area contributed by atoms with Crippen LogP contribution in [0.4, 0.5) is 17.1 Å². The van der Waals surface area contributed by atoms with E-state index in [4.69, 9.17) is 44.4 Å². The molecule has 0 bridgehead atoms. The van der Waals surface area contributed by atoms with Crippen LogP contribution in [0.3, 0.4) is 0 Å². The van der Waals surface area contributed by atoms with E-state index < -0.39 is 27.7 Å². The van der Waals surface area contributed by atoms with Crippen molar-refractivity contribution < 1.29 is 79.7 Å². The van der Waals surface area contributed by atoms with Crippen LogP contribution in [0.25, 0.3) is 0 Å². The Morgan fingerprint density at radius 3 is 1.39 bits per heavy atom. The van der Waals surface area contributed by atoms with Gasteiger partial charge in [-0.2, -0.15) is 0 Å². The van der Waals surface area contributed by atoms with Crippen LogP contribution in [0, 0.1) is 51.9 Å². The summed E-state index contributed by atoms with van der Waals surface area (Å²) in [7, 11) is -0.00613. The van der Waals surface area contributed by atoms with Crippen LogP contribution in [0.1, 0.15) is 48.2 Å². The van der Waals surface area contributed by atoms with Gasteiger partial charge in [0, 0.05) is 77.2 Å². The van der Waals surface area contributed by atoms with Crippen LogP contribution in [0.5, 0.6) is 0 Å². The number of aryl methyl sites for hydroxylation is 3. The van der Waals surface area contributed by atoms with Gasteiger partial charge in [0.1, 0.15) is 0 Å². The molecule has 0 aliphatic heterocycles. The Bertz CT molecular complexity index is 2480. The molecule has 3 heterocycles. The topological polar surface area (TPSA) is 303 Å². The standard InChI is InChI=1S/C13H12N2O4S.C13H12N2O2S.C7H8S.C6H5BrN2O2.BH.H2O2.U/c1-8-2-4-9(5-3-8)20(18,19)10-6-11(14)12(13(16)17)15-7-10;1-8-2-4-9(5-3-8)18-10-6-11(14)12(13(16)17)15-7-10;1-6-2-4-7(8)5-3-6;7-3-1-4(8)5(6(10)11)9-2-3;;1-2;/h2-7H,14H2,1H3,(H,16,17);2-7H,14H2,1H3,(H,16,17);2-5,8H,1H3;1-2H,8H2,(H,10,11);1H;1-2H;/i;;;;1D;;. The number of nitrogens with zero attached hydrogens (tertiary/aromatic N) is 3. The van der Waals surface area contributed by atoms with Crippen LogP contribution < -0.4 is 17.2 Å². The molecule has 6 rings (SSSR count).